The van der Waals surface area contributed by atoms with Gasteiger partial charge in [0, 0.05) is 18.7 Å². The van der Waals surface area contributed by atoms with Crippen LogP contribution in [-0.4, -0.2) is 59.3 Å². The van der Waals surface area contributed by atoms with Crippen LogP contribution in [0.4, 0.5) is 5.95 Å². The zero-order chi connectivity index (χ0) is 28.6. The van der Waals surface area contributed by atoms with Crippen LogP contribution in [-0.2, 0) is 4.74 Å². The molecule has 1 aliphatic heterocycles. The second-order valence-corrected chi connectivity index (χ2v) is 9.25. The normalized spacial score (nSPS) is 13.3. The van der Waals surface area contributed by atoms with Crippen molar-refractivity contribution in [2.75, 3.05) is 38.3 Å². The summed E-state index contributed by atoms with van der Waals surface area (Å²) in [5.74, 6) is 1.34. The SMILES string of the molecule is COc1cc(/C=C(/C#N)c2nnc(N3CCOCC3)n2-c2ccccc2)ccc1OC(=S)NC(=O)c1ccccc1. The summed E-state index contributed by atoms with van der Waals surface area (Å²) in [5.41, 5.74) is 2.26. The molecule has 0 spiro atoms. The van der Waals surface area contributed by atoms with Crippen molar-refractivity contribution < 1.29 is 19.0 Å². The third-order valence-electron chi connectivity index (χ3n) is 6.27. The van der Waals surface area contributed by atoms with Gasteiger partial charge in [0.25, 0.3) is 11.1 Å². The number of ether oxygens (including phenoxy) is 3. The molecule has 1 aliphatic rings. The molecule has 0 aliphatic carbocycles. The molecule has 5 rings (SSSR count). The first-order valence-electron chi connectivity index (χ1n) is 12.8. The molecular weight excluding hydrogens is 540 g/mol. The van der Waals surface area contributed by atoms with E-state index in [2.05, 4.69) is 26.5 Å². The summed E-state index contributed by atoms with van der Waals surface area (Å²) in [6.45, 7) is 2.52. The van der Waals surface area contributed by atoms with E-state index in [-0.39, 0.29) is 11.1 Å². The van der Waals surface area contributed by atoms with E-state index >= 15 is 0 Å². The fourth-order valence-electron chi connectivity index (χ4n) is 4.28. The molecule has 2 heterocycles. The molecule has 1 saturated heterocycles. The third kappa shape index (κ3) is 6.41. The maximum Gasteiger partial charge on any atom is 0.269 e. The number of benzene rings is 3. The lowest BCUT2D eigenvalue weighted by atomic mass is 10.1. The largest absolute Gasteiger partial charge is 0.493 e. The summed E-state index contributed by atoms with van der Waals surface area (Å²) in [4.78, 5) is 14.5. The molecule has 11 heteroatoms. The summed E-state index contributed by atoms with van der Waals surface area (Å²) in [7, 11) is 1.49. The predicted molar refractivity (Wildman–Crippen MR) is 158 cm³/mol. The number of amides is 1. The van der Waals surface area contributed by atoms with E-state index in [0.717, 1.165) is 5.69 Å². The van der Waals surface area contributed by atoms with Gasteiger partial charge >= 0.3 is 0 Å². The Hall–Kier alpha value is -5.05. The van der Waals surface area contributed by atoms with E-state index in [9.17, 15) is 10.1 Å². The number of anilines is 1. The van der Waals surface area contributed by atoms with E-state index in [1.807, 2.05) is 41.0 Å². The van der Waals surface area contributed by atoms with E-state index in [1.54, 1.807) is 48.5 Å². The average molecular weight is 567 g/mol. The number of nitrogens with one attached hydrogen (secondary N) is 1. The van der Waals surface area contributed by atoms with Crippen LogP contribution >= 0.6 is 12.2 Å². The lowest BCUT2D eigenvalue weighted by molar-refractivity contribution is 0.0973. The summed E-state index contributed by atoms with van der Waals surface area (Å²) in [6, 6.07) is 25.7. The van der Waals surface area contributed by atoms with Crippen molar-refractivity contribution in [1.82, 2.24) is 20.1 Å². The Morgan fingerprint density at radius 3 is 2.41 bits per heavy atom. The standard InChI is InChI=1S/C30H26N6O4S/c1-38-26-19-21(12-13-25(26)40-30(41)32-28(37)22-8-4-2-5-9-22)18-23(20-31)27-33-34-29(35-14-16-39-17-15-35)36(27)24-10-6-3-7-11-24/h2-13,18-19H,14-17H2,1H3,(H,32,37,41)/b23-18-. The van der Waals surface area contributed by atoms with Gasteiger partial charge in [-0.05, 0) is 60.3 Å². The fourth-order valence-corrected chi connectivity index (χ4v) is 4.47. The fraction of sp³-hybridized carbons (Fsp3) is 0.167. The number of hydrogen-bond acceptors (Lipinski definition) is 9. The summed E-state index contributed by atoms with van der Waals surface area (Å²) >= 11 is 5.23. The lowest BCUT2D eigenvalue weighted by Gasteiger charge is -2.28. The molecule has 1 amide bonds. The van der Waals surface area contributed by atoms with Gasteiger partial charge in [-0.25, -0.2) is 0 Å². The van der Waals surface area contributed by atoms with Gasteiger partial charge in [0.1, 0.15) is 6.07 Å². The van der Waals surface area contributed by atoms with Crippen LogP contribution in [0.3, 0.4) is 0 Å². The average Bonchev–Trinajstić information content (AvgIpc) is 3.47. The first-order chi connectivity index (χ1) is 20.1. The molecule has 4 aromatic rings. The predicted octanol–water partition coefficient (Wildman–Crippen LogP) is 4.27. The summed E-state index contributed by atoms with van der Waals surface area (Å²) < 4.78 is 18.6. The quantitative estimate of drug-likeness (QED) is 0.259. The number of morpholine rings is 1. The van der Waals surface area contributed by atoms with Gasteiger partial charge in [0.05, 0.1) is 31.6 Å². The van der Waals surface area contributed by atoms with Gasteiger partial charge in [-0.15, -0.1) is 10.2 Å². The number of rotatable bonds is 7. The number of carbonyl (C=O) groups is 1. The highest BCUT2D eigenvalue weighted by Crippen LogP contribution is 2.31. The third-order valence-corrected chi connectivity index (χ3v) is 6.45. The number of hydrogen-bond donors (Lipinski definition) is 1. The molecule has 10 nitrogen and oxygen atoms in total. The van der Waals surface area contributed by atoms with Crippen molar-refractivity contribution in [3.8, 4) is 23.3 Å². The number of methoxy groups -OCH3 is 1. The smallest absolute Gasteiger partial charge is 0.269 e. The van der Waals surface area contributed by atoms with Crippen LogP contribution in [0.5, 0.6) is 11.5 Å². The molecule has 1 aromatic heterocycles. The topological polar surface area (TPSA) is 115 Å². The van der Waals surface area contributed by atoms with Crippen molar-refractivity contribution >= 4 is 40.9 Å². The van der Waals surface area contributed by atoms with Gasteiger partial charge in [0.15, 0.2) is 17.3 Å². The van der Waals surface area contributed by atoms with E-state index < -0.39 is 0 Å². The molecule has 0 unspecified atom stereocenters. The van der Waals surface area contributed by atoms with Crippen LogP contribution in [0.25, 0.3) is 17.3 Å². The Bertz CT molecular complexity index is 1610. The number of para-hydroxylation sites is 1. The summed E-state index contributed by atoms with van der Waals surface area (Å²) in [5, 5.41) is 21.5. The number of allylic oxidation sites excluding steroid dienone is 1. The second kappa shape index (κ2) is 12.9. The molecule has 3 aromatic carbocycles. The monoisotopic (exact) mass is 566 g/mol. The minimum Gasteiger partial charge on any atom is -0.493 e. The van der Waals surface area contributed by atoms with Crippen molar-refractivity contribution in [3.63, 3.8) is 0 Å². The Morgan fingerprint density at radius 1 is 1.02 bits per heavy atom. The minimum atomic E-state index is -0.383. The van der Waals surface area contributed by atoms with Crippen molar-refractivity contribution in [1.29, 1.82) is 5.26 Å². The van der Waals surface area contributed by atoms with Gasteiger partial charge in [0.2, 0.25) is 5.95 Å². The highest BCUT2D eigenvalue weighted by atomic mass is 32.1. The zero-order valence-corrected chi connectivity index (χ0v) is 23.0. The first kappa shape index (κ1) is 27.5. The first-order valence-corrected chi connectivity index (χ1v) is 13.2. The summed E-state index contributed by atoms with van der Waals surface area (Å²) in [6.07, 6.45) is 1.70. The van der Waals surface area contributed by atoms with Crippen molar-refractivity contribution in [2.24, 2.45) is 0 Å². The number of carbonyl (C=O) groups excluding carboxylic acids is 1. The number of nitrogens with zero attached hydrogens (tertiary/aromatic N) is 5. The molecule has 1 fully saturated rings. The molecule has 1 N–H and O–H groups in total. The maximum absolute atomic E-state index is 12.4. The molecule has 0 saturated carbocycles. The molecule has 0 atom stereocenters. The zero-order valence-electron chi connectivity index (χ0n) is 22.2. The van der Waals surface area contributed by atoms with Crippen molar-refractivity contribution in [3.05, 3.63) is 95.8 Å². The molecule has 0 radical (unpaired) electrons. The van der Waals surface area contributed by atoms with Gasteiger partial charge in [-0.1, -0.05) is 42.5 Å². The van der Waals surface area contributed by atoms with Crippen LogP contribution in [0.15, 0.2) is 78.9 Å². The van der Waals surface area contributed by atoms with E-state index in [4.69, 9.17) is 26.4 Å². The van der Waals surface area contributed by atoms with Crippen molar-refractivity contribution in [2.45, 2.75) is 0 Å². The van der Waals surface area contributed by atoms with Gasteiger partial charge < -0.3 is 19.1 Å². The Kier molecular flexibility index (Phi) is 8.64. The molecule has 206 valence electrons. The Balaban J connectivity index is 1.42. The molecular formula is C30H26N6O4S. The number of nitriles is 1. The van der Waals surface area contributed by atoms with Crippen LogP contribution in [0, 0.1) is 11.3 Å². The Labute approximate surface area is 242 Å². The molecule has 41 heavy (non-hydrogen) atoms. The second-order valence-electron chi connectivity index (χ2n) is 8.88. The highest BCUT2D eigenvalue weighted by molar-refractivity contribution is 7.80. The Morgan fingerprint density at radius 2 is 1.73 bits per heavy atom. The van der Waals surface area contributed by atoms with Crippen LogP contribution in [0.2, 0.25) is 0 Å². The van der Waals surface area contributed by atoms with Crippen LogP contribution in [0.1, 0.15) is 21.7 Å². The number of aromatic nitrogens is 3. The van der Waals surface area contributed by atoms with Gasteiger partial charge in [-0.3, -0.25) is 14.7 Å². The highest BCUT2D eigenvalue weighted by Gasteiger charge is 2.23. The minimum absolute atomic E-state index is 0.121. The van der Waals surface area contributed by atoms with E-state index in [0.29, 0.717) is 66.3 Å². The van der Waals surface area contributed by atoms with Gasteiger partial charge in [-0.2, -0.15) is 5.26 Å². The van der Waals surface area contributed by atoms with Crippen LogP contribution < -0.4 is 19.7 Å². The molecule has 0 bridgehead atoms. The lowest BCUT2D eigenvalue weighted by Crippen LogP contribution is -2.38. The number of thiocarbonyl (C=S) groups is 1. The van der Waals surface area contributed by atoms with E-state index in [1.165, 1.54) is 7.11 Å². The maximum atomic E-state index is 12.4.